The van der Waals surface area contributed by atoms with E-state index in [4.69, 9.17) is 0 Å². The van der Waals surface area contributed by atoms with E-state index in [1.54, 1.807) is 24.3 Å². The van der Waals surface area contributed by atoms with Gasteiger partial charge in [0.05, 0.1) is 17.9 Å². The number of carbonyl (C=O) groups excluding carboxylic acids is 3. The highest BCUT2D eigenvalue weighted by molar-refractivity contribution is 6.10. The van der Waals surface area contributed by atoms with Crippen molar-refractivity contribution in [3.63, 3.8) is 0 Å². The molecule has 0 spiro atoms. The zero-order valence-electron chi connectivity index (χ0n) is 14.7. The Morgan fingerprint density at radius 1 is 1.04 bits per heavy atom. The zero-order valence-corrected chi connectivity index (χ0v) is 14.7. The summed E-state index contributed by atoms with van der Waals surface area (Å²) in [5.74, 6) is 5.06. The summed E-state index contributed by atoms with van der Waals surface area (Å²) in [5.41, 5.74) is 2.13. The van der Waals surface area contributed by atoms with Crippen LogP contribution in [0.2, 0.25) is 0 Å². The number of hydrogen-bond acceptors (Lipinski definition) is 3. The molecular weight excluding hydrogens is 342 g/mol. The van der Waals surface area contributed by atoms with Crippen molar-refractivity contribution in [2.45, 2.75) is 12.8 Å². The first-order chi connectivity index (χ1) is 13.1. The first kappa shape index (κ1) is 18.2. The van der Waals surface area contributed by atoms with Gasteiger partial charge in [-0.3, -0.25) is 14.4 Å². The van der Waals surface area contributed by atoms with Gasteiger partial charge in [-0.1, -0.05) is 42.2 Å². The monoisotopic (exact) mass is 361 g/mol. The van der Waals surface area contributed by atoms with Crippen molar-refractivity contribution >= 4 is 29.1 Å². The van der Waals surface area contributed by atoms with Crippen LogP contribution in [0.3, 0.4) is 0 Å². The molecule has 3 amide bonds. The van der Waals surface area contributed by atoms with E-state index in [-0.39, 0.29) is 43.7 Å². The molecular formula is C21H19N3O3. The molecule has 0 saturated heterocycles. The highest BCUT2D eigenvalue weighted by Crippen LogP contribution is 2.29. The topological polar surface area (TPSA) is 78.5 Å². The van der Waals surface area contributed by atoms with Gasteiger partial charge in [0, 0.05) is 18.4 Å². The molecule has 1 aliphatic heterocycles. The van der Waals surface area contributed by atoms with Crippen molar-refractivity contribution in [3.8, 4) is 11.8 Å². The van der Waals surface area contributed by atoms with Crippen molar-refractivity contribution in [3.05, 3.63) is 60.2 Å². The predicted molar refractivity (Wildman–Crippen MR) is 103 cm³/mol. The summed E-state index contributed by atoms with van der Waals surface area (Å²) >= 11 is 0. The lowest BCUT2D eigenvalue weighted by molar-refractivity contribution is -0.125. The van der Waals surface area contributed by atoms with Gasteiger partial charge in [0.15, 0.2) is 0 Å². The van der Waals surface area contributed by atoms with Crippen LogP contribution in [0.15, 0.2) is 54.6 Å². The number of hydrogen-bond donors (Lipinski definition) is 2. The van der Waals surface area contributed by atoms with Crippen molar-refractivity contribution in [2.75, 3.05) is 23.3 Å². The van der Waals surface area contributed by atoms with E-state index in [2.05, 4.69) is 22.5 Å². The van der Waals surface area contributed by atoms with E-state index in [0.717, 1.165) is 5.56 Å². The minimum Gasteiger partial charge on any atom is -0.345 e. The molecule has 0 aliphatic carbocycles. The van der Waals surface area contributed by atoms with Crippen LogP contribution in [0.25, 0.3) is 0 Å². The molecule has 0 radical (unpaired) electrons. The number of anilines is 2. The summed E-state index contributed by atoms with van der Waals surface area (Å²) in [6.07, 6.45) is 0.0751. The Hall–Kier alpha value is -3.59. The van der Waals surface area contributed by atoms with E-state index < -0.39 is 0 Å². The molecule has 2 aromatic carbocycles. The van der Waals surface area contributed by atoms with Crippen LogP contribution in [0.5, 0.6) is 0 Å². The number of nitrogens with zero attached hydrogens (tertiary/aromatic N) is 1. The van der Waals surface area contributed by atoms with Gasteiger partial charge in [-0.05, 0) is 24.3 Å². The standard InChI is InChI=1S/C21H19N3O3/c25-19(22-14-6-9-16-7-2-1-3-8-16)12-13-21(27)24-15-20(26)23-17-10-4-5-11-18(17)24/h1-5,7-8,10-11H,12-15H2,(H,22,25)(H,23,26). The Labute approximate surface area is 157 Å². The predicted octanol–water partition coefficient (Wildman–Crippen LogP) is 1.92. The number of para-hydroxylation sites is 2. The summed E-state index contributed by atoms with van der Waals surface area (Å²) < 4.78 is 0. The fraction of sp³-hybridized carbons (Fsp3) is 0.190. The molecule has 3 rings (SSSR count). The molecule has 0 atom stereocenters. The summed E-state index contributed by atoms with van der Waals surface area (Å²) in [6.45, 7) is 0.177. The molecule has 1 heterocycles. The van der Waals surface area contributed by atoms with E-state index >= 15 is 0 Å². The highest BCUT2D eigenvalue weighted by Gasteiger charge is 2.26. The quantitative estimate of drug-likeness (QED) is 0.817. The lowest BCUT2D eigenvalue weighted by atomic mass is 10.1. The van der Waals surface area contributed by atoms with Crippen LogP contribution in [0, 0.1) is 11.8 Å². The van der Waals surface area contributed by atoms with Crippen LogP contribution >= 0.6 is 0 Å². The fourth-order valence-corrected chi connectivity index (χ4v) is 2.71. The summed E-state index contributed by atoms with van der Waals surface area (Å²) in [6, 6.07) is 16.6. The zero-order chi connectivity index (χ0) is 19.1. The van der Waals surface area contributed by atoms with Gasteiger partial charge >= 0.3 is 0 Å². The van der Waals surface area contributed by atoms with Crippen LogP contribution in [0.4, 0.5) is 11.4 Å². The molecule has 1 aliphatic rings. The smallest absolute Gasteiger partial charge is 0.244 e. The maximum absolute atomic E-state index is 12.5. The second-order valence-electron chi connectivity index (χ2n) is 5.99. The van der Waals surface area contributed by atoms with E-state index in [1.165, 1.54) is 4.90 Å². The van der Waals surface area contributed by atoms with Crippen molar-refractivity contribution in [2.24, 2.45) is 0 Å². The van der Waals surface area contributed by atoms with Crippen LogP contribution in [-0.2, 0) is 14.4 Å². The molecule has 0 saturated carbocycles. The SMILES string of the molecule is O=C(CCC(=O)N1CC(=O)Nc2ccccc21)NCC#Cc1ccccc1. The molecule has 0 aromatic heterocycles. The van der Waals surface area contributed by atoms with Crippen LogP contribution in [-0.4, -0.2) is 30.8 Å². The first-order valence-corrected chi connectivity index (χ1v) is 8.63. The number of nitrogens with one attached hydrogen (secondary N) is 2. The summed E-state index contributed by atoms with van der Waals surface area (Å²) in [5, 5.41) is 5.41. The van der Waals surface area contributed by atoms with Gasteiger partial charge in [-0.25, -0.2) is 0 Å². The van der Waals surface area contributed by atoms with E-state index in [1.807, 2.05) is 30.3 Å². The number of amides is 3. The van der Waals surface area contributed by atoms with Gasteiger partial charge < -0.3 is 15.5 Å². The minimum atomic E-state index is -0.261. The normalized spacial score (nSPS) is 12.3. The third-order valence-electron chi connectivity index (χ3n) is 4.02. The summed E-state index contributed by atoms with van der Waals surface area (Å²) in [7, 11) is 0. The Bertz CT molecular complexity index is 913. The van der Waals surface area contributed by atoms with Crippen molar-refractivity contribution in [1.82, 2.24) is 5.32 Å². The molecule has 27 heavy (non-hydrogen) atoms. The molecule has 136 valence electrons. The Balaban J connectivity index is 1.49. The van der Waals surface area contributed by atoms with Crippen molar-refractivity contribution < 1.29 is 14.4 Å². The number of fused-ring (bicyclic) bond motifs is 1. The van der Waals surface area contributed by atoms with Crippen LogP contribution < -0.4 is 15.5 Å². The average molecular weight is 361 g/mol. The van der Waals surface area contributed by atoms with Gasteiger partial charge in [0.2, 0.25) is 17.7 Å². The Kier molecular flexibility index (Phi) is 5.85. The molecule has 6 nitrogen and oxygen atoms in total. The Morgan fingerprint density at radius 2 is 1.78 bits per heavy atom. The lowest BCUT2D eigenvalue weighted by Crippen LogP contribution is -2.42. The summed E-state index contributed by atoms with van der Waals surface area (Å²) in [4.78, 5) is 37.6. The maximum Gasteiger partial charge on any atom is 0.244 e. The fourth-order valence-electron chi connectivity index (χ4n) is 2.71. The number of carbonyl (C=O) groups is 3. The lowest BCUT2D eigenvalue weighted by Gasteiger charge is -2.29. The third kappa shape index (κ3) is 4.95. The van der Waals surface area contributed by atoms with Gasteiger partial charge in [-0.15, -0.1) is 0 Å². The van der Waals surface area contributed by atoms with E-state index in [0.29, 0.717) is 11.4 Å². The Morgan fingerprint density at radius 3 is 2.59 bits per heavy atom. The molecule has 2 aromatic rings. The average Bonchev–Trinajstić information content (AvgIpc) is 2.69. The molecule has 2 N–H and O–H groups in total. The highest BCUT2D eigenvalue weighted by atomic mass is 16.2. The number of rotatable bonds is 4. The first-order valence-electron chi connectivity index (χ1n) is 8.63. The van der Waals surface area contributed by atoms with Gasteiger partial charge in [-0.2, -0.15) is 0 Å². The van der Waals surface area contributed by atoms with Crippen LogP contribution in [0.1, 0.15) is 18.4 Å². The molecule has 0 fully saturated rings. The van der Waals surface area contributed by atoms with Crippen molar-refractivity contribution in [1.29, 1.82) is 0 Å². The third-order valence-corrected chi connectivity index (χ3v) is 4.02. The number of benzene rings is 2. The minimum absolute atomic E-state index is 0.0273. The van der Waals surface area contributed by atoms with Gasteiger partial charge in [0.25, 0.3) is 0 Å². The maximum atomic E-state index is 12.5. The molecule has 6 heteroatoms. The van der Waals surface area contributed by atoms with Gasteiger partial charge in [0.1, 0.15) is 6.54 Å². The largest absolute Gasteiger partial charge is 0.345 e. The second kappa shape index (κ2) is 8.68. The molecule has 0 unspecified atom stereocenters. The second-order valence-corrected chi connectivity index (χ2v) is 5.99. The molecule has 0 bridgehead atoms. The van der Waals surface area contributed by atoms with E-state index in [9.17, 15) is 14.4 Å².